The number of ether oxygens (including phenoxy) is 2. The predicted octanol–water partition coefficient (Wildman–Crippen LogP) is 0.356. The van der Waals surface area contributed by atoms with Crippen LogP contribution < -0.4 is 5.90 Å². The second-order valence-electron chi connectivity index (χ2n) is 6.95. The molecule has 0 amide bonds. The van der Waals surface area contributed by atoms with Gasteiger partial charge in [0, 0.05) is 10.8 Å². The van der Waals surface area contributed by atoms with Crippen molar-refractivity contribution in [3.05, 3.63) is 6.92 Å². The van der Waals surface area contributed by atoms with Crippen LogP contribution in [0.15, 0.2) is 0 Å². The maximum absolute atomic E-state index is 11.1. The minimum atomic E-state index is -0.530. The van der Waals surface area contributed by atoms with Crippen LogP contribution in [0.4, 0.5) is 0 Å². The molecular formula is C14H18NO5+. The number of carbonyl (C=O) groups excluding carboxylic acids is 2. The lowest BCUT2D eigenvalue weighted by Gasteiger charge is -2.65. The van der Waals surface area contributed by atoms with E-state index in [1.165, 1.54) is 0 Å². The second-order valence-corrected chi connectivity index (χ2v) is 6.95. The predicted molar refractivity (Wildman–Crippen MR) is 65.6 cm³/mol. The van der Waals surface area contributed by atoms with Gasteiger partial charge in [-0.2, -0.15) is 10.7 Å². The van der Waals surface area contributed by atoms with Crippen LogP contribution in [0.5, 0.6) is 0 Å². The Balaban J connectivity index is 1.42. The van der Waals surface area contributed by atoms with Crippen molar-refractivity contribution in [2.75, 3.05) is 13.2 Å². The molecule has 4 rings (SSSR count). The van der Waals surface area contributed by atoms with E-state index in [1.807, 2.05) is 0 Å². The van der Waals surface area contributed by atoms with E-state index in [4.69, 9.17) is 15.4 Å². The lowest BCUT2D eigenvalue weighted by molar-refractivity contribution is -0.213. The molecule has 20 heavy (non-hydrogen) atoms. The van der Waals surface area contributed by atoms with Gasteiger partial charge in [0.05, 0.1) is 5.60 Å². The highest BCUT2D eigenvalue weighted by Gasteiger charge is 2.91. The number of nitrogens with two attached hydrogens (primary N) is 1. The second kappa shape index (κ2) is 3.49. The van der Waals surface area contributed by atoms with E-state index in [2.05, 4.69) is 11.8 Å². The Kier molecular flexibility index (Phi) is 2.17. The summed E-state index contributed by atoms with van der Waals surface area (Å²) in [5.74, 6) is 5.08. The standard InChI is InChI=1S/C14H18NO5/c1-8(16)18-7-12-2-9-3-14(19-4-10(17)20-15)6-13(14,5-12)11(9)12/h9,11H,1-7,15H2/q+1. The summed E-state index contributed by atoms with van der Waals surface area (Å²) in [7, 11) is 0. The van der Waals surface area contributed by atoms with E-state index in [1.54, 1.807) is 0 Å². The van der Waals surface area contributed by atoms with Crippen molar-refractivity contribution in [1.29, 1.82) is 0 Å². The SMILES string of the molecule is [CH2+]C(=O)OCC12CC3CC4(OCC(=O)ON)CC4(C1)C32. The molecule has 0 bridgehead atoms. The van der Waals surface area contributed by atoms with E-state index in [0.717, 1.165) is 25.7 Å². The van der Waals surface area contributed by atoms with Crippen molar-refractivity contribution in [3.8, 4) is 0 Å². The monoisotopic (exact) mass is 280 g/mol. The van der Waals surface area contributed by atoms with Crippen molar-refractivity contribution >= 4 is 11.9 Å². The average Bonchev–Trinajstić information content (AvgIpc) is 2.97. The first-order valence-corrected chi connectivity index (χ1v) is 6.99. The fraction of sp³-hybridized carbons (Fsp3) is 0.786. The van der Waals surface area contributed by atoms with Crippen LogP contribution in [0, 0.1) is 29.6 Å². The molecule has 108 valence electrons. The van der Waals surface area contributed by atoms with Crippen molar-refractivity contribution in [1.82, 2.24) is 0 Å². The molecule has 4 saturated carbocycles. The van der Waals surface area contributed by atoms with Gasteiger partial charge in [-0.25, -0.2) is 4.79 Å². The zero-order chi connectivity index (χ0) is 14.2. The van der Waals surface area contributed by atoms with Crippen LogP contribution >= 0.6 is 0 Å². The van der Waals surface area contributed by atoms with Gasteiger partial charge in [-0.15, -0.1) is 0 Å². The van der Waals surface area contributed by atoms with Gasteiger partial charge in [0.25, 0.3) is 0 Å². The fourth-order valence-electron chi connectivity index (χ4n) is 5.81. The van der Waals surface area contributed by atoms with Crippen LogP contribution in [0.25, 0.3) is 0 Å². The molecule has 4 aliphatic carbocycles. The Morgan fingerprint density at radius 1 is 1.30 bits per heavy atom. The molecule has 5 unspecified atom stereocenters. The van der Waals surface area contributed by atoms with Crippen LogP contribution in [-0.2, 0) is 23.9 Å². The summed E-state index contributed by atoms with van der Waals surface area (Å²) < 4.78 is 11.0. The Morgan fingerprint density at radius 3 is 2.80 bits per heavy atom. The smallest absolute Gasteiger partial charge is 0.429 e. The normalized spacial score (nSPS) is 49.2. The summed E-state index contributed by atoms with van der Waals surface area (Å²) in [5, 5.41) is 0. The number of rotatable bonds is 5. The van der Waals surface area contributed by atoms with Gasteiger partial charge in [0.2, 0.25) is 0 Å². The third kappa shape index (κ3) is 1.24. The Hall–Kier alpha value is -1.27. The fourth-order valence-corrected chi connectivity index (χ4v) is 5.81. The van der Waals surface area contributed by atoms with Crippen LogP contribution in [0.1, 0.15) is 25.7 Å². The highest BCUT2D eigenvalue weighted by molar-refractivity contribution is 5.73. The molecule has 2 N–H and O–H groups in total. The first-order valence-electron chi connectivity index (χ1n) is 6.99. The summed E-state index contributed by atoms with van der Waals surface area (Å²) in [4.78, 5) is 26.2. The Bertz CT molecular complexity index is 508. The molecule has 0 heterocycles. The molecule has 6 nitrogen and oxygen atoms in total. The molecule has 0 radical (unpaired) electrons. The highest BCUT2D eigenvalue weighted by atomic mass is 16.7. The molecule has 4 fully saturated rings. The number of carbonyl (C=O) groups is 2. The number of esters is 1. The summed E-state index contributed by atoms with van der Waals surface area (Å²) >= 11 is 0. The highest BCUT2D eigenvalue weighted by Crippen LogP contribution is 2.92. The summed E-state index contributed by atoms with van der Waals surface area (Å²) in [6, 6.07) is 0. The van der Waals surface area contributed by atoms with Gasteiger partial charge in [-0.3, -0.25) is 0 Å². The van der Waals surface area contributed by atoms with Crippen molar-refractivity contribution in [2.45, 2.75) is 31.3 Å². The number of hydrogen-bond acceptors (Lipinski definition) is 6. The molecule has 0 aromatic heterocycles. The molecule has 4 aliphatic rings. The van der Waals surface area contributed by atoms with E-state index < -0.39 is 11.9 Å². The lowest BCUT2D eigenvalue weighted by atomic mass is 9.39. The van der Waals surface area contributed by atoms with Gasteiger partial charge in [0.1, 0.15) is 13.2 Å². The number of hydrogen-bond donors (Lipinski definition) is 1. The van der Waals surface area contributed by atoms with Crippen LogP contribution in [0.2, 0.25) is 0 Å². The quantitative estimate of drug-likeness (QED) is 0.444. The summed E-state index contributed by atoms with van der Waals surface area (Å²) in [6.07, 6.45) is 4.15. The maximum Gasteiger partial charge on any atom is 0.493 e. The molecule has 1 spiro atoms. The van der Waals surface area contributed by atoms with Gasteiger partial charge in [0.15, 0.2) is 6.92 Å². The van der Waals surface area contributed by atoms with Gasteiger partial charge >= 0.3 is 11.9 Å². The van der Waals surface area contributed by atoms with Gasteiger partial charge in [-0.1, -0.05) is 0 Å². The topological polar surface area (TPSA) is 87.8 Å². The van der Waals surface area contributed by atoms with Gasteiger partial charge in [-0.05, 0) is 37.5 Å². The van der Waals surface area contributed by atoms with E-state index >= 15 is 0 Å². The third-order valence-electron chi connectivity index (χ3n) is 6.16. The van der Waals surface area contributed by atoms with Crippen molar-refractivity contribution < 1.29 is 23.9 Å². The Morgan fingerprint density at radius 2 is 2.10 bits per heavy atom. The molecule has 0 aromatic carbocycles. The maximum atomic E-state index is 11.1. The zero-order valence-electron chi connectivity index (χ0n) is 11.2. The third-order valence-corrected chi connectivity index (χ3v) is 6.16. The zero-order valence-corrected chi connectivity index (χ0v) is 11.2. The summed E-state index contributed by atoms with van der Waals surface area (Å²) in [6.45, 7) is 3.67. The average molecular weight is 280 g/mol. The molecule has 0 aliphatic heterocycles. The summed E-state index contributed by atoms with van der Waals surface area (Å²) in [5.41, 5.74) is 0.234. The van der Waals surface area contributed by atoms with Crippen molar-refractivity contribution in [2.24, 2.45) is 28.6 Å². The molecule has 0 aromatic rings. The van der Waals surface area contributed by atoms with E-state index in [9.17, 15) is 9.59 Å². The Labute approximate surface area is 116 Å². The minimum absolute atomic E-state index is 0.0709. The molecule has 6 heteroatoms. The van der Waals surface area contributed by atoms with Crippen LogP contribution in [-0.4, -0.2) is 30.8 Å². The van der Waals surface area contributed by atoms with E-state index in [-0.39, 0.29) is 23.0 Å². The van der Waals surface area contributed by atoms with Crippen LogP contribution in [0.3, 0.4) is 0 Å². The minimum Gasteiger partial charge on any atom is -0.429 e. The van der Waals surface area contributed by atoms with Crippen molar-refractivity contribution in [3.63, 3.8) is 0 Å². The van der Waals surface area contributed by atoms with E-state index in [0.29, 0.717) is 18.4 Å². The first kappa shape index (κ1) is 12.5. The van der Waals surface area contributed by atoms with Gasteiger partial charge < -0.3 is 14.3 Å². The lowest BCUT2D eigenvalue weighted by Crippen LogP contribution is -2.62. The molecule has 0 saturated heterocycles. The first-order chi connectivity index (χ1) is 9.47. The molecule has 5 atom stereocenters. The molecular weight excluding hydrogens is 262 g/mol. The largest absolute Gasteiger partial charge is 0.493 e.